The van der Waals surface area contributed by atoms with Crippen LogP contribution in [-0.2, 0) is 0 Å². The lowest BCUT2D eigenvalue weighted by molar-refractivity contribution is 0.318. The molecule has 5 nitrogen and oxygen atoms in total. The molecule has 1 aromatic heterocycles. The molecule has 0 spiro atoms. The molecule has 1 heterocycles. The van der Waals surface area contributed by atoms with E-state index >= 15 is 0 Å². The van der Waals surface area contributed by atoms with Crippen LogP contribution in [0, 0.1) is 0 Å². The molecule has 3 aromatic rings. The van der Waals surface area contributed by atoms with E-state index in [1.54, 1.807) is 33.5 Å². The van der Waals surface area contributed by atoms with Crippen LogP contribution in [0.2, 0.25) is 0 Å². The number of methoxy groups -OCH3 is 3. The summed E-state index contributed by atoms with van der Waals surface area (Å²) in [6, 6.07) is 15.6. The molecule has 0 bridgehead atoms. The normalized spacial score (nSPS) is 11.3. The fourth-order valence-corrected chi connectivity index (χ4v) is 3.63. The van der Waals surface area contributed by atoms with Gasteiger partial charge in [0, 0.05) is 5.56 Å². The highest BCUT2D eigenvalue weighted by atomic mass is 32.1. The first-order chi connectivity index (χ1) is 12.7. The van der Waals surface area contributed by atoms with Gasteiger partial charge in [-0.3, -0.25) is 0 Å². The van der Waals surface area contributed by atoms with E-state index in [9.17, 15) is 5.21 Å². The lowest BCUT2D eigenvalue weighted by Crippen LogP contribution is -2.04. The van der Waals surface area contributed by atoms with E-state index in [4.69, 9.17) is 14.2 Å². The predicted molar refractivity (Wildman–Crippen MR) is 103 cm³/mol. The Morgan fingerprint density at radius 3 is 2.08 bits per heavy atom. The predicted octanol–water partition coefficient (Wildman–Crippen LogP) is 4.67. The minimum absolute atomic E-state index is 0.441. The zero-order chi connectivity index (χ0) is 18.5. The maximum absolute atomic E-state index is 9.65. The van der Waals surface area contributed by atoms with Crippen molar-refractivity contribution in [2.45, 2.75) is 0 Å². The number of oxime groups is 1. The van der Waals surface area contributed by atoms with Gasteiger partial charge in [-0.05, 0) is 34.7 Å². The third-order valence-electron chi connectivity index (χ3n) is 3.98. The van der Waals surface area contributed by atoms with Crippen LogP contribution in [0.1, 0.15) is 10.4 Å². The lowest BCUT2D eigenvalue weighted by atomic mass is 10.0. The van der Waals surface area contributed by atoms with E-state index < -0.39 is 0 Å². The van der Waals surface area contributed by atoms with Crippen LogP contribution < -0.4 is 14.2 Å². The smallest absolute Gasteiger partial charge is 0.203 e. The Morgan fingerprint density at radius 1 is 0.885 bits per heavy atom. The maximum atomic E-state index is 9.65. The van der Waals surface area contributed by atoms with Gasteiger partial charge in [0.05, 0.1) is 26.2 Å². The van der Waals surface area contributed by atoms with Crippen molar-refractivity contribution in [3.63, 3.8) is 0 Å². The van der Waals surface area contributed by atoms with Gasteiger partial charge in [-0.15, -0.1) is 11.3 Å². The molecule has 0 aliphatic carbocycles. The monoisotopic (exact) mass is 369 g/mol. The first-order valence-electron chi connectivity index (χ1n) is 7.88. The molecule has 0 fully saturated rings. The molecule has 3 rings (SSSR count). The summed E-state index contributed by atoms with van der Waals surface area (Å²) in [7, 11) is 4.65. The zero-order valence-electron chi connectivity index (χ0n) is 14.7. The van der Waals surface area contributed by atoms with Crippen molar-refractivity contribution < 1.29 is 19.4 Å². The van der Waals surface area contributed by atoms with Crippen molar-refractivity contribution in [1.29, 1.82) is 0 Å². The van der Waals surface area contributed by atoms with Gasteiger partial charge >= 0.3 is 0 Å². The van der Waals surface area contributed by atoms with Gasteiger partial charge < -0.3 is 19.4 Å². The Bertz CT molecular complexity index is 894. The molecule has 0 unspecified atom stereocenters. The standard InChI is InChI=1S/C20H19NO4S/c1-23-16-9-14(10-17(24-2)20(16)25-3)19(21-22)18-11-15(12-26-18)13-7-5-4-6-8-13/h4-12,22H,1-3H3. The second-order valence-electron chi connectivity index (χ2n) is 5.43. The van der Waals surface area contributed by atoms with Crippen LogP contribution in [0.4, 0.5) is 0 Å². The van der Waals surface area contributed by atoms with Gasteiger partial charge in [0.2, 0.25) is 5.75 Å². The highest BCUT2D eigenvalue weighted by Crippen LogP contribution is 2.39. The van der Waals surface area contributed by atoms with Gasteiger partial charge in [-0.25, -0.2) is 0 Å². The first kappa shape index (κ1) is 17.8. The fourth-order valence-electron chi connectivity index (χ4n) is 2.71. The molecule has 0 aliphatic rings. The van der Waals surface area contributed by atoms with Crippen LogP contribution in [0.3, 0.4) is 0 Å². The topological polar surface area (TPSA) is 60.3 Å². The number of nitrogens with zero attached hydrogens (tertiary/aromatic N) is 1. The van der Waals surface area contributed by atoms with Crippen LogP contribution in [0.5, 0.6) is 17.2 Å². The molecule has 2 aromatic carbocycles. The summed E-state index contributed by atoms with van der Waals surface area (Å²) in [5.41, 5.74) is 3.29. The Balaban J connectivity index is 2.04. The van der Waals surface area contributed by atoms with Crippen molar-refractivity contribution in [1.82, 2.24) is 0 Å². The van der Waals surface area contributed by atoms with Crippen LogP contribution in [-0.4, -0.2) is 32.2 Å². The number of hydrogen-bond donors (Lipinski definition) is 1. The summed E-state index contributed by atoms with van der Waals surface area (Å²) < 4.78 is 16.1. The van der Waals surface area contributed by atoms with Gasteiger partial charge in [-0.1, -0.05) is 35.5 Å². The summed E-state index contributed by atoms with van der Waals surface area (Å²) in [6.45, 7) is 0. The van der Waals surface area contributed by atoms with E-state index in [-0.39, 0.29) is 0 Å². The molecule has 0 aliphatic heterocycles. The maximum Gasteiger partial charge on any atom is 0.203 e. The number of hydrogen-bond acceptors (Lipinski definition) is 6. The Morgan fingerprint density at radius 2 is 1.54 bits per heavy atom. The number of benzene rings is 2. The second-order valence-corrected chi connectivity index (χ2v) is 6.34. The molecule has 0 saturated carbocycles. The largest absolute Gasteiger partial charge is 0.493 e. The Hall–Kier alpha value is -2.99. The fraction of sp³-hybridized carbons (Fsp3) is 0.150. The third-order valence-corrected chi connectivity index (χ3v) is 4.92. The molecule has 1 N–H and O–H groups in total. The van der Waals surface area contributed by atoms with Gasteiger partial charge in [-0.2, -0.15) is 0 Å². The molecule has 0 radical (unpaired) electrons. The highest BCUT2D eigenvalue weighted by molar-refractivity contribution is 7.12. The SMILES string of the molecule is COc1cc(C(=NO)c2cc(-c3ccccc3)cs2)cc(OC)c1OC. The first-order valence-corrected chi connectivity index (χ1v) is 8.76. The van der Waals surface area contributed by atoms with Crippen molar-refractivity contribution in [3.05, 3.63) is 64.4 Å². The summed E-state index contributed by atoms with van der Waals surface area (Å²) >= 11 is 1.51. The summed E-state index contributed by atoms with van der Waals surface area (Å²) in [5, 5.41) is 15.2. The summed E-state index contributed by atoms with van der Waals surface area (Å²) in [5.74, 6) is 1.50. The van der Waals surface area contributed by atoms with Crippen molar-refractivity contribution in [3.8, 4) is 28.4 Å². The highest BCUT2D eigenvalue weighted by Gasteiger charge is 2.18. The van der Waals surface area contributed by atoms with Crippen LogP contribution >= 0.6 is 11.3 Å². The Kier molecular flexibility index (Phi) is 5.43. The van der Waals surface area contributed by atoms with Crippen molar-refractivity contribution in [2.24, 2.45) is 5.16 Å². The molecular weight excluding hydrogens is 350 g/mol. The van der Waals surface area contributed by atoms with Gasteiger partial charge in [0.15, 0.2) is 11.5 Å². The number of rotatable bonds is 6. The van der Waals surface area contributed by atoms with E-state index in [0.717, 1.165) is 16.0 Å². The molecule has 0 saturated heterocycles. The molecule has 134 valence electrons. The average molecular weight is 369 g/mol. The van der Waals surface area contributed by atoms with Crippen molar-refractivity contribution >= 4 is 17.0 Å². The van der Waals surface area contributed by atoms with Crippen LogP contribution in [0.25, 0.3) is 11.1 Å². The molecule has 0 atom stereocenters. The number of ether oxygens (including phenoxy) is 3. The second kappa shape index (κ2) is 7.93. The lowest BCUT2D eigenvalue weighted by Gasteiger charge is -2.14. The van der Waals surface area contributed by atoms with E-state index in [1.807, 2.05) is 41.8 Å². The summed E-state index contributed by atoms with van der Waals surface area (Å²) in [6.07, 6.45) is 0. The van der Waals surface area contributed by atoms with Crippen LogP contribution in [0.15, 0.2) is 59.1 Å². The zero-order valence-corrected chi connectivity index (χ0v) is 15.5. The average Bonchev–Trinajstić information content (AvgIpc) is 3.18. The minimum atomic E-state index is 0.441. The van der Waals surface area contributed by atoms with E-state index in [0.29, 0.717) is 28.5 Å². The molecular formula is C20H19NO4S. The molecule has 6 heteroatoms. The molecule has 26 heavy (non-hydrogen) atoms. The van der Waals surface area contributed by atoms with E-state index in [2.05, 4.69) is 5.16 Å². The van der Waals surface area contributed by atoms with Gasteiger partial charge in [0.1, 0.15) is 5.71 Å². The van der Waals surface area contributed by atoms with Gasteiger partial charge in [0.25, 0.3) is 0 Å². The summed E-state index contributed by atoms with van der Waals surface area (Å²) in [4.78, 5) is 0.834. The quantitative estimate of drug-likeness (QED) is 0.390. The minimum Gasteiger partial charge on any atom is -0.493 e. The Labute approximate surface area is 156 Å². The molecule has 0 amide bonds. The van der Waals surface area contributed by atoms with E-state index in [1.165, 1.54) is 11.3 Å². The number of thiophene rings is 1. The van der Waals surface area contributed by atoms with Crippen molar-refractivity contribution in [2.75, 3.05) is 21.3 Å². The third kappa shape index (κ3) is 3.36.